The average Bonchev–Trinajstić information content (AvgIpc) is 2.95. The molecule has 2 heterocycles. The molecular weight excluding hydrogens is 359 g/mol. The van der Waals surface area contributed by atoms with E-state index in [1.807, 2.05) is 0 Å². The smallest absolute Gasteiger partial charge is 0.416 e. The van der Waals surface area contributed by atoms with Crippen molar-refractivity contribution in [1.29, 1.82) is 0 Å². The summed E-state index contributed by atoms with van der Waals surface area (Å²) in [6, 6.07) is 5.86. The zero-order valence-corrected chi connectivity index (χ0v) is 14.2. The van der Waals surface area contributed by atoms with Crippen molar-refractivity contribution < 1.29 is 39.4 Å². The van der Waals surface area contributed by atoms with Gasteiger partial charge in [-0.2, -0.15) is 13.2 Å². The molecule has 1 aromatic carbocycles. The number of likely N-dealkylation sites (N-methyl/N-ethyl adjacent to an activating group) is 1. The summed E-state index contributed by atoms with van der Waals surface area (Å²) in [4.78, 5) is 0. The van der Waals surface area contributed by atoms with E-state index in [0.29, 0.717) is 11.8 Å². The molecule has 2 saturated heterocycles. The van der Waals surface area contributed by atoms with E-state index >= 15 is 0 Å². The first-order valence-electron chi connectivity index (χ1n) is 7.63. The molecule has 2 aliphatic rings. The first kappa shape index (κ1) is 17.6. The van der Waals surface area contributed by atoms with Gasteiger partial charge in [0.25, 0.3) is 0 Å². The molecule has 0 aliphatic carbocycles. The van der Waals surface area contributed by atoms with Crippen LogP contribution in [-0.4, -0.2) is 36.3 Å². The molecule has 0 spiro atoms. The minimum absolute atomic E-state index is 0. The third-order valence-corrected chi connectivity index (χ3v) is 5.11. The predicted molar refractivity (Wildman–Crippen MR) is 74.0 cm³/mol. The lowest BCUT2D eigenvalue weighted by atomic mass is 10.1. The zero-order chi connectivity index (χ0) is 15.1. The number of halogens is 4. The highest BCUT2D eigenvalue weighted by atomic mass is 79.9. The van der Waals surface area contributed by atoms with Gasteiger partial charge in [0.2, 0.25) is 0 Å². The van der Waals surface area contributed by atoms with Gasteiger partial charge in [-0.1, -0.05) is 6.07 Å². The van der Waals surface area contributed by atoms with Crippen LogP contribution in [0.3, 0.4) is 0 Å². The van der Waals surface area contributed by atoms with Crippen LogP contribution in [0.5, 0.6) is 5.75 Å². The lowest BCUT2D eigenvalue weighted by molar-refractivity contribution is -0.926. The van der Waals surface area contributed by atoms with E-state index in [1.54, 1.807) is 6.07 Å². The van der Waals surface area contributed by atoms with Crippen molar-refractivity contribution >= 4 is 0 Å². The number of quaternary nitrogens is 1. The molecule has 0 saturated carbocycles. The van der Waals surface area contributed by atoms with Gasteiger partial charge in [0.1, 0.15) is 12.3 Å². The lowest BCUT2D eigenvalue weighted by Gasteiger charge is -2.33. The van der Waals surface area contributed by atoms with E-state index in [2.05, 4.69) is 6.92 Å². The number of alkyl halides is 3. The number of fused-ring (bicyclic) bond motifs is 1. The average molecular weight is 380 g/mol. The van der Waals surface area contributed by atoms with Gasteiger partial charge >= 0.3 is 6.18 Å². The Labute approximate surface area is 139 Å². The van der Waals surface area contributed by atoms with Crippen LogP contribution >= 0.6 is 0 Å². The van der Waals surface area contributed by atoms with Crippen molar-refractivity contribution in [2.45, 2.75) is 44.5 Å². The normalized spacial score (nSPS) is 30.7. The molecule has 0 amide bonds. The van der Waals surface area contributed by atoms with Crippen molar-refractivity contribution in [2.75, 3.05) is 19.6 Å². The van der Waals surface area contributed by atoms with Crippen LogP contribution in [0.4, 0.5) is 13.2 Å². The highest BCUT2D eigenvalue weighted by molar-refractivity contribution is 5.30. The van der Waals surface area contributed by atoms with Gasteiger partial charge in [-0.15, -0.1) is 0 Å². The molecule has 3 rings (SSSR count). The van der Waals surface area contributed by atoms with Gasteiger partial charge in [-0.25, -0.2) is 0 Å². The number of benzene rings is 1. The van der Waals surface area contributed by atoms with E-state index in [4.69, 9.17) is 4.74 Å². The van der Waals surface area contributed by atoms with Gasteiger partial charge in [0.15, 0.2) is 6.10 Å². The second-order valence-corrected chi connectivity index (χ2v) is 6.24. The number of ether oxygens (including phenoxy) is 1. The quantitative estimate of drug-likeness (QED) is 0.707. The summed E-state index contributed by atoms with van der Waals surface area (Å²) in [7, 11) is 0. The molecule has 2 aliphatic heterocycles. The molecule has 2 fully saturated rings. The fourth-order valence-corrected chi connectivity index (χ4v) is 4.03. The molecule has 124 valence electrons. The van der Waals surface area contributed by atoms with Gasteiger partial charge < -0.3 is 26.2 Å². The van der Waals surface area contributed by atoms with Crippen LogP contribution in [0.1, 0.15) is 31.7 Å². The Morgan fingerprint density at radius 2 is 2.09 bits per heavy atom. The molecule has 3 atom stereocenters. The van der Waals surface area contributed by atoms with Gasteiger partial charge in [0.05, 0.1) is 24.7 Å². The van der Waals surface area contributed by atoms with Crippen LogP contribution in [-0.2, 0) is 6.18 Å². The minimum Gasteiger partial charge on any atom is -1.00 e. The van der Waals surface area contributed by atoms with Crippen LogP contribution in [0.25, 0.3) is 0 Å². The Balaban J connectivity index is 0.00000176. The summed E-state index contributed by atoms with van der Waals surface area (Å²) >= 11 is 0. The van der Waals surface area contributed by atoms with E-state index < -0.39 is 11.7 Å². The summed E-state index contributed by atoms with van der Waals surface area (Å²) in [5.41, 5.74) is -0.641. The number of nitrogens with zero attached hydrogens (tertiary/aromatic N) is 1. The van der Waals surface area contributed by atoms with Gasteiger partial charge in [-0.3, -0.25) is 0 Å². The molecule has 1 aromatic rings. The second-order valence-electron chi connectivity index (χ2n) is 6.24. The van der Waals surface area contributed by atoms with E-state index in [9.17, 15) is 13.2 Å². The molecule has 2 nitrogen and oxygen atoms in total. The Morgan fingerprint density at radius 3 is 2.73 bits per heavy atom. The summed E-state index contributed by atoms with van der Waals surface area (Å²) < 4.78 is 45.1. The summed E-state index contributed by atoms with van der Waals surface area (Å²) in [5, 5.41) is 0. The monoisotopic (exact) mass is 379 g/mol. The van der Waals surface area contributed by atoms with Crippen LogP contribution < -0.4 is 21.7 Å². The van der Waals surface area contributed by atoms with E-state index in [-0.39, 0.29) is 23.1 Å². The summed E-state index contributed by atoms with van der Waals surface area (Å²) in [6.07, 6.45) is -0.833. The number of hydrogen-bond acceptors (Lipinski definition) is 1. The van der Waals surface area contributed by atoms with Crippen molar-refractivity contribution in [1.82, 2.24) is 0 Å². The fourth-order valence-electron chi connectivity index (χ4n) is 4.03. The first-order valence-corrected chi connectivity index (χ1v) is 7.63. The van der Waals surface area contributed by atoms with E-state index in [1.165, 1.54) is 25.5 Å². The Bertz CT molecular complexity index is 522. The predicted octanol–water partition coefficient (Wildman–Crippen LogP) is 0.860. The Kier molecular flexibility index (Phi) is 5.12. The lowest BCUT2D eigenvalue weighted by Crippen LogP contribution is -3.00. The largest absolute Gasteiger partial charge is 1.00 e. The van der Waals surface area contributed by atoms with Crippen molar-refractivity contribution in [3.05, 3.63) is 29.8 Å². The highest BCUT2D eigenvalue weighted by Gasteiger charge is 2.49. The maximum absolute atomic E-state index is 12.7. The summed E-state index contributed by atoms with van der Waals surface area (Å²) in [6.45, 7) is 5.40. The molecule has 22 heavy (non-hydrogen) atoms. The highest BCUT2D eigenvalue weighted by Crippen LogP contribution is 2.38. The maximum atomic E-state index is 12.7. The Morgan fingerprint density at radius 1 is 1.32 bits per heavy atom. The van der Waals surface area contributed by atoms with Crippen LogP contribution in [0.2, 0.25) is 0 Å². The standard InChI is InChI=1S/C16H21F3NO.BrH/c1-2-20-8-4-6-13(20)10-15(11-20)21-14-7-3-5-12(9-14)16(17,18)19;/h3,5,7,9,13,15H,2,4,6,8,10-11H2,1H3;1H/q+1;/p-1. The third-order valence-electron chi connectivity index (χ3n) is 5.11. The Hall–Kier alpha value is -0.750. The van der Waals surface area contributed by atoms with Crippen molar-refractivity contribution in [3.8, 4) is 5.75 Å². The molecule has 3 unspecified atom stereocenters. The number of hydrogen-bond donors (Lipinski definition) is 0. The maximum Gasteiger partial charge on any atom is 0.416 e. The molecule has 0 N–H and O–H groups in total. The molecule has 0 radical (unpaired) electrons. The second kappa shape index (κ2) is 6.40. The molecule has 0 aromatic heterocycles. The zero-order valence-electron chi connectivity index (χ0n) is 12.6. The summed E-state index contributed by atoms with van der Waals surface area (Å²) in [5.74, 6) is 0.338. The molecule has 6 heteroatoms. The van der Waals surface area contributed by atoms with Crippen molar-refractivity contribution in [3.63, 3.8) is 0 Å². The molecule has 0 bridgehead atoms. The fraction of sp³-hybridized carbons (Fsp3) is 0.625. The minimum atomic E-state index is -4.31. The van der Waals surface area contributed by atoms with Gasteiger partial charge in [0, 0.05) is 19.3 Å². The van der Waals surface area contributed by atoms with Crippen LogP contribution in [0.15, 0.2) is 24.3 Å². The molecular formula is C16H21BrF3NO. The SMILES string of the molecule is CC[N+]12CCCC1CC(Oc1cccc(C(F)(F)F)c1)C2.[Br-]. The third kappa shape index (κ3) is 3.27. The number of rotatable bonds is 3. The van der Waals surface area contributed by atoms with Gasteiger partial charge in [-0.05, 0) is 25.1 Å². The van der Waals surface area contributed by atoms with E-state index in [0.717, 1.165) is 36.1 Å². The first-order chi connectivity index (χ1) is 9.93. The van der Waals surface area contributed by atoms with Crippen LogP contribution in [0, 0.1) is 0 Å². The van der Waals surface area contributed by atoms with Crippen molar-refractivity contribution in [2.24, 2.45) is 0 Å². The topological polar surface area (TPSA) is 9.23 Å².